The number of halogens is 1. The summed E-state index contributed by atoms with van der Waals surface area (Å²) < 4.78 is 1.98. The number of hydrogen-bond donors (Lipinski definition) is 0. The van der Waals surface area contributed by atoms with Crippen molar-refractivity contribution in [3.8, 4) is 11.3 Å². The number of carbonyl (C=O) groups is 2. The lowest BCUT2D eigenvalue weighted by molar-refractivity contribution is -0.133. The number of hydrogen-bond acceptors (Lipinski definition) is 3. The molecule has 4 nitrogen and oxygen atoms in total. The van der Waals surface area contributed by atoms with Crippen molar-refractivity contribution in [2.24, 2.45) is 5.92 Å². The highest BCUT2D eigenvalue weighted by atomic mass is 35.5. The Bertz CT molecular complexity index is 1170. The van der Waals surface area contributed by atoms with Crippen LogP contribution < -0.4 is 0 Å². The lowest BCUT2D eigenvalue weighted by atomic mass is 9.72. The van der Waals surface area contributed by atoms with E-state index in [1.54, 1.807) is 0 Å². The molecule has 34 heavy (non-hydrogen) atoms. The second kappa shape index (κ2) is 10.3. The lowest BCUT2D eigenvalue weighted by Gasteiger charge is -2.29. The summed E-state index contributed by atoms with van der Waals surface area (Å²) in [5.41, 5.74) is 7.46. The number of benzene rings is 2. The van der Waals surface area contributed by atoms with Crippen LogP contribution in [0.15, 0.2) is 42.5 Å². The quantitative estimate of drug-likeness (QED) is 0.358. The highest BCUT2D eigenvalue weighted by molar-refractivity contribution is 6.30. The summed E-state index contributed by atoms with van der Waals surface area (Å²) in [4.78, 5) is 26.6. The monoisotopic (exact) mass is 476 g/mol. The van der Waals surface area contributed by atoms with Gasteiger partial charge < -0.3 is 0 Å². The first-order valence-electron chi connectivity index (χ1n) is 12.3. The Morgan fingerprint density at radius 3 is 2.09 bits per heavy atom. The Balaban J connectivity index is 1.47. The number of ketones is 2. The predicted molar refractivity (Wildman–Crippen MR) is 137 cm³/mol. The molecule has 1 fully saturated rings. The van der Waals surface area contributed by atoms with E-state index in [0.717, 1.165) is 52.9 Å². The van der Waals surface area contributed by atoms with Crippen molar-refractivity contribution < 1.29 is 9.59 Å². The van der Waals surface area contributed by atoms with Crippen molar-refractivity contribution in [3.05, 3.63) is 75.4 Å². The summed E-state index contributed by atoms with van der Waals surface area (Å²) in [6.07, 6.45) is 3.35. The maximum Gasteiger partial charge on any atom is 0.148 e. The number of aromatic nitrogens is 2. The van der Waals surface area contributed by atoms with E-state index in [0.29, 0.717) is 24.4 Å². The van der Waals surface area contributed by atoms with E-state index in [4.69, 9.17) is 16.7 Å². The fourth-order valence-corrected chi connectivity index (χ4v) is 5.42. The predicted octanol–water partition coefficient (Wildman–Crippen LogP) is 6.67. The van der Waals surface area contributed by atoms with Gasteiger partial charge in [-0.15, -0.1) is 0 Å². The van der Waals surface area contributed by atoms with Crippen molar-refractivity contribution in [2.45, 2.75) is 72.3 Å². The molecule has 0 unspecified atom stereocenters. The Kier molecular flexibility index (Phi) is 7.37. The minimum Gasteiger partial charge on any atom is -0.299 e. The van der Waals surface area contributed by atoms with E-state index in [9.17, 15) is 9.59 Å². The van der Waals surface area contributed by atoms with Gasteiger partial charge in [-0.05, 0) is 73.9 Å². The van der Waals surface area contributed by atoms with E-state index in [1.807, 2.05) is 35.9 Å². The minimum absolute atomic E-state index is 0.0689. The molecule has 1 saturated carbocycles. The van der Waals surface area contributed by atoms with E-state index in [2.05, 4.69) is 39.0 Å². The maximum absolute atomic E-state index is 13.3. The Morgan fingerprint density at radius 1 is 0.941 bits per heavy atom. The molecule has 5 heteroatoms. The standard InChI is InChI=1S/C29H33ClN2O2/c1-5-21-13-18(3)14-22(6-2)28(21)29-26(33)16-20(17-27(29)34)11-12-32-19(4)15-25(31-32)23-7-9-24(30)10-8-23/h7-10,13-15,20,29H,5-6,11-12,16-17H2,1-4H3. The zero-order valence-corrected chi connectivity index (χ0v) is 21.3. The van der Waals surface area contributed by atoms with E-state index in [1.165, 1.54) is 5.56 Å². The molecule has 2 aromatic carbocycles. The Labute approximate surface area is 207 Å². The van der Waals surface area contributed by atoms with Gasteiger partial charge in [-0.1, -0.05) is 55.3 Å². The van der Waals surface area contributed by atoms with Crippen LogP contribution in [-0.4, -0.2) is 21.3 Å². The Morgan fingerprint density at radius 2 is 1.53 bits per heavy atom. The minimum atomic E-state index is -0.593. The molecular weight excluding hydrogens is 444 g/mol. The third kappa shape index (κ3) is 5.02. The fraction of sp³-hybridized carbons (Fsp3) is 0.414. The summed E-state index contributed by atoms with van der Waals surface area (Å²) in [6.45, 7) is 9.01. The lowest BCUT2D eigenvalue weighted by Crippen LogP contribution is -2.33. The topological polar surface area (TPSA) is 52.0 Å². The van der Waals surface area contributed by atoms with Gasteiger partial charge >= 0.3 is 0 Å². The summed E-state index contributed by atoms with van der Waals surface area (Å²) in [7, 11) is 0. The first-order valence-corrected chi connectivity index (χ1v) is 12.7. The van der Waals surface area contributed by atoms with Crippen molar-refractivity contribution in [2.75, 3.05) is 0 Å². The summed E-state index contributed by atoms with van der Waals surface area (Å²) >= 11 is 6.00. The molecule has 4 rings (SSSR count). The summed E-state index contributed by atoms with van der Waals surface area (Å²) in [6, 6.07) is 14.0. The smallest absolute Gasteiger partial charge is 0.148 e. The van der Waals surface area contributed by atoms with E-state index in [-0.39, 0.29) is 17.5 Å². The zero-order chi connectivity index (χ0) is 24.4. The number of carbonyl (C=O) groups excluding carboxylic acids is 2. The average molecular weight is 477 g/mol. The van der Waals surface area contributed by atoms with Gasteiger partial charge in [0.15, 0.2) is 0 Å². The van der Waals surface area contributed by atoms with Gasteiger partial charge in [0.1, 0.15) is 17.5 Å². The highest BCUT2D eigenvalue weighted by Crippen LogP contribution is 2.37. The van der Waals surface area contributed by atoms with Crippen LogP contribution in [0.2, 0.25) is 5.02 Å². The molecule has 0 spiro atoms. The second-order valence-corrected chi connectivity index (χ2v) is 9.97. The number of aryl methyl sites for hydroxylation is 5. The molecule has 3 aromatic rings. The molecule has 1 aliphatic carbocycles. The molecule has 0 radical (unpaired) electrons. The molecule has 0 saturated heterocycles. The number of Topliss-reactive ketones (excluding diaryl/α,β-unsaturated/α-hetero) is 2. The van der Waals surface area contributed by atoms with Crippen LogP contribution in [-0.2, 0) is 29.0 Å². The zero-order valence-electron chi connectivity index (χ0n) is 20.5. The molecule has 178 valence electrons. The van der Waals surface area contributed by atoms with Crippen LogP contribution in [0, 0.1) is 19.8 Å². The first kappa shape index (κ1) is 24.4. The van der Waals surface area contributed by atoms with Crippen molar-refractivity contribution in [3.63, 3.8) is 0 Å². The normalized spacial score (nSPS) is 18.5. The van der Waals surface area contributed by atoms with E-state index < -0.39 is 5.92 Å². The fourth-order valence-electron chi connectivity index (χ4n) is 5.29. The molecule has 0 N–H and O–H groups in total. The maximum atomic E-state index is 13.3. The van der Waals surface area contributed by atoms with Gasteiger partial charge in [-0.3, -0.25) is 14.3 Å². The first-order chi connectivity index (χ1) is 16.3. The average Bonchev–Trinajstić information content (AvgIpc) is 3.18. The molecule has 0 atom stereocenters. The number of nitrogens with zero attached hydrogens (tertiary/aromatic N) is 2. The van der Waals surface area contributed by atoms with Gasteiger partial charge in [-0.2, -0.15) is 5.10 Å². The molecule has 1 heterocycles. The molecular formula is C29H33ClN2O2. The van der Waals surface area contributed by atoms with Crippen LogP contribution in [0.5, 0.6) is 0 Å². The van der Waals surface area contributed by atoms with Gasteiger partial charge in [0.05, 0.1) is 5.69 Å². The van der Waals surface area contributed by atoms with Crippen molar-refractivity contribution >= 4 is 23.2 Å². The van der Waals surface area contributed by atoms with Crippen LogP contribution in [0.3, 0.4) is 0 Å². The summed E-state index contributed by atoms with van der Waals surface area (Å²) in [5, 5.41) is 5.45. The molecule has 0 aliphatic heterocycles. The largest absolute Gasteiger partial charge is 0.299 e. The van der Waals surface area contributed by atoms with Gasteiger partial charge in [-0.25, -0.2) is 0 Å². The van der Waals surface area contributed by atoms with E-state index >= 15 is 0 Å². The van der Waals surface area contributed by atoms with Crippen LogP contribution in [0.1, 0.15) is 67.0 Å². The van der Waals surface area contributed by atoms with Crippen molar-refractivity contribution in [1.82, 2.24) is 9.78 Å². The van der Waals surface area contributed by atoms with Gasteiger partial charge in [0.25, 0.3) is 0 Å². The van der Waals surface area contributed by atoms with Crippen LogP contribution in [0.4, 0.5) is 0 Å². The SMILES string of the molecule is CCc1cc(C)cc(CC)c1C1C(=O)CC(CCn2nc(-c3ccc(Cl)cc3)cc2C)CC1=O. The molecule has 1 aliphatic rings. The molecule has 0 bridgehead atoms. The second-order valence-electron chi connectivity index (χ2n) is 9.53. The van der Waals surface area contributed by atoms with Crippen LogP contribution >= 0.6 is 11.6 Å². The summed E-state index contributed by atoms with van der Waals surface area (Å²) in [5.74, 6) is -0.369. The molecule has 1 aromatic heterocycles. The third-order valence-electron chi connectivity index (χ3n) is 7.04. The van der Waals surface area contributed by atoms with Gasteiger partial charge in [0.2, 0.25) is 0 Å². The van der Waals surface area contributed by atoms with Gasteiger partial charge in [0, 0.05) is 35.7 Å². The molecule has 0 amide bonds. The number of rotatable bonds is 7. The third-order valence-corrected chi connectivity index (χ3v) is 7.29. The van der Waals surface area contributed by atoms with Crippen LogP contribution in [0.25, 0.3) is 11.3 Å². The Hall–Kier alpha value is -2.72. The van der Waals surface area contributed by atoms with Crippen molar-refractivity contribution in [1.29, 1.82) is 0 Å². The highest BCUT2D eigenvalue weighted by Gasteiger charge is 2.38.